The van der Waals surface area contributed by atoms with Crippen LogP contribution in [-0.2, 0) is 4.74 Å². The summed E-state index contributed by atoms with van der Waals surface area (Å²) in [6, 6.07) is 0. The molecule has 1 aliphatic heterocycles. The third kappa shape index (κ3) is 1.36. The SMILES string of the molecule is C[C@@H]1O[C@H](CO)[C@@H](O)[C@]1(F)Cl. The molecule has 0 spiro atoms. The van der Waals surface area contributed by atoms with Gasteiger partial charge in [0.2, 0.25) is 5.13 Å². The van der Waals surface area contributed by atoms with Gasteiger partial charge in [0.05, 0.1) is 6.61 Å². The van der Waals surface area contributed by atoms with E-state index in [1.54, 1.807) is 0 Å². The summed E-state index contributed by atoms with van der Waals surface area (Å²) in [7, 11) is 0. The van der Waals surface area contributed by atoms with Crippen LogP contribution in [0.25, 0.3) is 0 Å². The molecule has 1 saturated heterocycles. The zero-order valence-corrected chi connectivity index (χ0v) is 6.75. The number of halogens is 2. The van der Waals surface area contributed by atoms with Crippen molar-refractivity contribution in [3.8, 4) is 0 Å². The lowest BCUT2D eigenvalue weighted by Crippen LogP contribution is -2.38. The zero-order chi connectivity index (χ0) is 8.65. The molecule has 1 heterocycles. The molecule has 1 fully saturated rings. The van der Waals surface area contributed by atoms with E-state index in [1.807, 2.05) is 0 Å². The third-order valence-corrected chi connectivity index (χ3v) is 2.38. The highest BCUT2D eigenvalue weighted by Gasteiger charge is 2.53. The first-order chi connectivity index (χ1) is 5.00. The molecular formula is C6H10ClFO3. The van der Waals surface area contributed by atoms with E-state index in [-0.39, 0.29) is 0 Å². The Kier molecular flexibility index (Phi) is 2.39. The number of hydrogen-bond acceptors (Lipinski definition) is 3. The van der Waals surface area contributed by atoms with Crippen molar-refractivity contribution < 1.29 is 19.3 Å². The lowest BCUT2D eigenvalue weighted by molar-refractivity contribution is -0.0171. The molecule has 0 saturated carbocycles. The van der Waals surface area contributed by atoms with Gasteiger partial charge in [-0.1, -0.05) is 11.6 Å². The standard InChI is InChI=1S/C6H10ClFO3/c1-3-6(7,8)5(10)4(2-9)11-3/h3-5,9-10H,2H2,1H3/t3-,4+,5+,6-/m0/s1. The minimum absolute atomic E-state index is 0.427. The Morgan fingerprint density at radius 1 is 1.73 bits per heavy atom. The van der Waals surface area contributed by atoms with E-state index in [2.05, 4.69) is 0 Å². The topological polar surface area (TPSA) is 49.7 Å². The van der Waals surface area contributed by atoms with Crippen LogP contribution in [0.4, 0.5) is 4.39 Å². The number of aliphatic hydroxyl groups excluding tert-OH is 2. The van der Waals surface area contributed by atoms with Crippen molar-refractivity contribution in [2.24, 2.45) is 0 Å². The van der Waals surface area contributed by atoms with Crippen molar-refractivity contribution in [3.63, 3.8) is 0 Å². The average Bonchev–Trinajstić information content (AvgIpc) is 2.14. The van der Waals surface area contributed by atoms with Gasteiger partial charge in [-0.25, -0.2) is 4.39 Å². The Balaban J connectivity index is 2.71. The van der Waals surface area contributed by atoms with Gasteiger partial charge in [-0.05, 0) is 6.92 Å². The Labute approximate surface area is 68.7 Å². The fraction of sp³-hybridized carbons (Fsp3) is 1.00. The van der Waals surface area contributed by atoms with Crippen LogP contribution in [0, 0.1) is 0 Å². The van der Waals surface area contributed by atoms with Crippen LogP contribution in [0.3, 0.4) is 0 Å². The molecule has 1 rings (SSSR count). The van der Waals surface area contributed by atoms with Gasteiger partial charge in [0, 0.05) is 0 Å². The highest BCUT2D eigenvalue weighted by Crippen LogP contribution is 2.37. The molecule has 4 atom stereocenters. The normalized spacial score (nSPS) is 51.5. The first-order valence-corrected chi connectivity index (χ1v) is 3.70. The zero-order valence-electron chi connectivity index (χ0n) is 6.00. The molecule has 0 bridgehead atoms. The minimum Gasteiger partial charge on any atom is -0.394 e. The molecule has 0 aromatic carbocycles. The molecule has 0 amide bonds. The molecule has 0 unspecified atom stereocenters. The van der Waals surface area contributed by atoms with Crippen molar-refractivity contribution in [3.05, 3.63) is 0 Å². The van der Waals surface area contributed by atoms with Gasteiger partial charge < -0.3 is 14.9 Å². The maximum atomic E-state index is 13.1. The summed E-state index contributed by atoms with van der Waals surface area (Å²) >= 11 is 5.29. The van der Waals surface area contributed by atoms with E-state index in [0.717, 1.165) is 0 Å². The van der Waals surface area contributed by atoms with Crippen molar-refractivity contribution in [1.82, 2.24) is 0 Å². The highest BCUT2D eigenvalue weighted by molar-refractivity contribution is 6.23. The highest BCUT2D eigenvalue weighted by atomic mass is 35.5. The largest absolute Gasteiger partial charge is 0.394 e. The summed E-state index contributed by atoms with van der Waals surface area (Å²) in [4.78, 5) is 0. The van der Waals surface area contributed by atoms with Crippen LogP contribution in [0.15, 0.2) is 0 Å². The van der Waals surface area contributed by atoms with Crippen molar-refractivity contribution in [2.45, 2.75) is 30.4 Å². The van der Waals surface area contributed by atoms with Gasteiger partial charge >= 0.3 is 0 Å². The van der Waals surface area contributed by atoms with E-state index >= 15 is 0 Å². The maximum Gasteiger partial charge on any atom is 0.237 e. The predicted octanol–water partition coefficient (Wildman–Crippen LogP) is 0.0315. The number of hydrogen-bond donors (Lipinski definition) is 2. The van der Waals surface area contributed by atoms with Crippen LogP contribution in [-0.4, -0.2) is 40.3 Å². The summed E-state index contributed by atoms with van der Waals surface area (Å²) < 4.78 is 17.9. The van der Waals surface area contributed by atoms with Crippen molar-refractivity contribution in [2.75, 3.05) is 6.61 Å². The van der Waals surface area contributed by atoms with Crippen LogP contribution >= 0.6 is 11.6 Å². The van der Waals surface area contributed by atoms with Gasteiger partial charge in [0.15, 0.2) is 0 Å². The lowest BCUT2D eigenvalue weighted by atomic mass is 10.1. The van der Waals surface area contributed by atoms with Crippen molar-refractivity contribution >= 4 is 11.6 Å². The molecule has 11 heavy (non-hydrogen) atoms. The first-order valence-electron chi connectivity index (χ1n) is 3.32. The second-order valence-corrected chi connectivity index (χ2v) is 3.20. The molecule has 66 valence electrons. The van der Waals surface area contributed by atoms with Crippen molar-refractivity contribution in [1.29, 1.82) is 0 Å². The van der Waals surface area contributed by atoms with Gasteiger partial charge in [-0.15, -0.1) is 0 Å². The number of alkyl halides is 2. The first kappa shape index (κ1) is 9.19. The molecule has 0 aliphatic carbocycles. The summed E-state index contributed by atoms with van der Waals surface area (Å²) in [5, 5.41) is 15.4. The van der Waals surface area contributed by atoms with E-state index in [4.69, 9.17) is 26.6 Å². The lowest BCUT2D eigenvalue weighted by Gasteiger charge is -2.17. The van der Waals surface area contributed by atoms with Gasteiger partial charge in [-0.3, -0.25) is 0 Å². The molecule has 1 aliphatic rings. The summed E-state index contributed by atoms with van der Waals surface area (Å²) in [6.07, 6.45) is -3.26. The summed E-state index contributed by atoms with van der Waals surface area (Å²) in [6.45, 7) is 0.982. The number of aliphatic hydroxyl groups is 2. The van der Waals surface area contributed by atoms with Gasteiger partial charge in [-0.2, -0.15) is 0 Å². The molecule has 0 radical (unpaired) electrons. The third-order valence-electron chi connectivity index (χ3n) is 1.85. The Morgan fingerprint density at radius 2 is 2.27 bits per heavy atom. The Morgan fingerprint density at radius 3 is 2.45 bits per heavy atom. The fourth-order valence-corrected chi connectivity index (χ4v) is 1.25. The van der Waals surface area contributed by atoms with Crippen LogP contribution in [0.2, 0.25) is 0 Å². The number of rotatable bonds is 1. The predicted molar refractivity (Wildman–Crippen MR) is 37.1 cm³/mol. The van der Waals surface area contributed by atoms with Crippen LogP contribution < -0.4 is 0 Å². The number of ether oxygens (including phenoxy) is 1. The second-order valence-electron chi connectivity index (χ2n) is 2.62. The van der Waals surface area contributed by atoms with Crippen LogP contribution in [0.1, 0.15) is 6.92 Å². The monoisotopic (exact) mass is 184 g/mol. The van der Waals surface area contributed by atoms with Gasteiger partial charge in [0.1, 0.15) is 18.3 Å². The molecule has 0 aromatic heterocycles. The summed E-state index contributed by atoms with van der Waals surface area (Å²) in [5.74, 6) is 0. The van der Waals surface area contributed by atoms with E-state index < -0.39 is 30.0 Å². The second kappa shape index (κ2) is 2.86. The smallest absolute Gasteiger partial charge is 0.237 e. The quantitative estimate of drug-likeness (QED) is 0.566. The van der Waals surface area contributed by atoms with E-state index in [9.17, 15) is 4.39 Å². The Hall–Kier alpha value is 0.100. The van der Waals surface area contributed by atoms with E-state index in [1.165, 1.54) is 6.92 Å². The summed E-state index contributed by atoms with van der Waals surface area (Å²) in [5.41, 5.74) is 0. The van der Waals surface area contributed by atoms with E-state index in [0.29, 0.717) is 0 Å². The van der Waals surface area contributed by atoms with Gasteiger partial charge in [0.25, 0.3) is 0 Å². The molecule has 2 N–H and O–H groups in total. The van der Waals surface area contributed by atoms with Crippen LogP contribution in [0.5, 0.6) is 0 Å². The molecule has 0 aromatic rings. The maximum absolute atomic E-state index is 13.1. The minimum atomic E-state index is -2.27. The average molecular weight is 185 g/mol. The molecular weight excluding hydrogens is 175 g/mol. The molecule has 3 nitrogen and oxygen atoms in total. The molecule has 5 heteroatoms. The Bertz CT molecular complexity index is 153. The fourth-order valence-electron chi connectivity index (χ4n) is 1.06.